The van der Waals surface area contributed by atoms with Gasteiger partial charge in [-0.15, -0.1) is 23.5 Å². The standard InChI is InChI=1S/C14H30S10/c15-10-18-4-1-5-19-12-20-6-2-7-21-13-22-8-3-9-23-14(17)24-11-16/h14-17H,1-13H2. The SMILES string of the molecule is SCSCCCSCSCCCSCSCCCSC(S)SCS. The normalized spacial score (nSPS) is 12.6. The lowest BCUT2D eigenvalue weighted by atomic mass is 10.6. The number of hydrogen-bond acceptors (Lipinski definition) is 10. The van der Waals surface area contributed by atoms with Gasteiger partial charge in [0, 0.05) is 20.3 Å². The van der Waals surface area contributed by atoms with Gasteiger partial charge in [-0.3, -0.25) is 0 Å². The highest BCUT2D eigenvalue weighted by Crippen LogP contribution is 2.28. The smallest absolute Gasteiger partial charge is 0.0935 e. The van der Waals surface area contributed by atoms with Crippen LogP contribution >= 0.6 is 120 Å². The zero-order valence-corrected chi connectivity index (χ0v) is 22.4. The van der Waals surface area contributed by atoms with E-state index in [-0.39, 0.29) is 0 Å². The lowest BCUT2D eigenvalue weighted by Crippen LogP contribution is -1.91. The first kappa shape index (κ1) is 27.5. The molecule has 1 unspecified atom stereocenters. The highest BCUT2D eigenvalue weighted by Gasteiger charge is 2.01. The first-order chi connectivity index (χ1) is 11.8. The van der Waals surface area contributed by atoms with Crippen LogP contribution < -0.4 is 0 Å². The Hall–Kier alpha value is 3.50. The summed E-state index contributed by atoms with van der Waals surface area (Å²) in [5.74, 6) is 7.70. The van der Waals surface area contributed by atoms with Crippen LogP contribution in [-0.2, 0) is 0 Å². The Morgan fingerprint density at radius 2 is 1.00 bits per heavy atom. The molecular weight excluding hydrogens is 489 g/mol. The Balaban J connectivity index is 3.00. The molecule has 0 aliphatic carbocycles. The van der Waals surface area contributed by atoms with Crippen molar-refractivity contribution in [1.82, 2.24) is 0 Å². The predicted octanol–water partition coefficient (Wildman–Crippen LogP) is 7.19. The molecule has 0 radical (unpaired) electrons. The second-order valence-corrected chi connectivity index (χ2v) is 16.0. The van der Waals surface area contributed by atoms with Crippen LogP contribution in [0.2, 0.25) is 0 Å². The lowest BCUT2D eigenvalue weighted by Gasteiger charge is -2.07. The summed E-state index contributed by atoms with van der Waals surface area (Å²) in [6.45, 7) is 0. The van der Waals surface area contributed by atoms with Gasteiger partial charge in [-0.25, -0.2) is 0 Å². The van der Waals surface area contributed by atoms with Gasteiger partial charge >= 0.3 is 0 Å². The van der Waals surface area contributed by atoms with Crippen LogP contribution in [0, 0.1) is 0 Å². The van der Waals surface area contributed by atoms with Crippen LogP contribution in [0.15, 0.2) is 0 Å². The molecule has 0 aliphatic rings. The molecule has 1 atom stereocenters. The second-order valence-electron chi connectivity index (χ2n) is 4.44. The van der Waals surface area contributed by atoms with Gasteiger partial charge in [0.05, 0.1) is 3.91 Å². The Labute approximate surface area is 196 Å². The molecule has 0 N–H and O–H groups in total. The lowest BCUT2D eigenvalue weighted by molar-refractivity contribution is 1.12. The van der Waals surface area contributed by atoms with Crippen molar-refractivity contribution in [3.63, 3.8) is 0 Å². The Bertz CT molecular complexity index is 232. The molecule has 0 heterocycles. The van der Waals surface area contributed by atoms with E-state index in [1.54, 1.807) is 11.8 Å². The number of hydrogen-bond donors (Lipinski definition) is 3. The summed E-state index contributed by atoms with van der Waals surface area (Å²) < 4.78 is 0.393. The van der Waals surface area contributed by atoms with Crippen LogP contribution in [0.3, 0.4) is 0 Å². The molecule has 0 saturated carbocycles. The van der Waals surface area contributed by atoms with E-state index >= 15 is 0 Å². The van der Waals surface area contributed by atoms with Crippen molar-refractivity contribution in [3.8, 4) is 0 Å². The minimum Gasteiger partial charge on any atom is -0.168 e. The maximum Gasteiger partial charge on any atom is 0.0935 e. The van der Waals surface area contributed by atoms with Crippen molar-refractivity contribution in [3.05, 3.63) is 0 Å². The fourth-order valence-corrected chi connectivity index (χ4v) is 10.2. The van der Waals surface area contributed by atoms with E-state index in [0.29, 0.717) is 3.91 Å². The summed E-state index contributed by atoms with van der Waals surface area (Å²) in [6, 6.07) is 0. The highest BCUT2D eigenvalue weighted by atomic mass is 32.3. The first-order valence-corrected chi connectivity index (χ1v) is 17.5. The minimum absolute atomic E-state index is 0.393. The maximum absolute atomic E-state index is 4.50. The molecule has 0 saturated heterocycles. The summed E-state index contributed by atoms with van der Waals surface area (Å²) in [5.41, 5.74) is 0. The van der Waals surface area contributed by atoms with E-state index in [4.69, 9.17) is 0 Å². The Morgan fingerprint density at radius 3 is 1.46 bits per heavy atom. The summed E-state index contributed by atoms with van der Waals surface area (Å²) in [6.07, 6.45) is 3.97. The fraction of sp³-hybridized carbons (Fsp3) is 1.00. The van der Waals surface area contributed by atoms with Gasteiger partial charge in [-0.1, -0.05) is 0 Å². The van der Waals surface area contributed by atoms with Crippen molar-refractivity contribution in [2.24, 2.45) is 0 Å². The molecule has 0 bridgehead atoms. The van der Waals surface area contributed by atoms with Gasteiger partial charge < -0.3 is 0 Å². The number of thiol groups is 3. The topological polar surface area (TPSA) is 0 Å². The van der Waals surface area contributed by atoms with Crippen LogP contribution in [0.5, 0.6) is 0 Å². The van der Waals surface area contributed by atoms with E-state index < -0.39 is 0 Å². The maximum atomic E-state index is 4.50. The van der Waals surface area contributed by atoms with E-state index in [2.05, 4.69) is 84.9 Å². The van der Waals surface area contributed by atoms with Gasteiger partial charge in [0.25, 0.3) is 0 Å². The third-order valence-corrected chi connectivity index (χ3v) is 12.2. The molecule has 0 aliphatic heterocycles. The molecule has 0 nitrogen and oxygen atoms in total. The number of thioether (sulfide) groups is 7. The van der Waals surface area contributed by atoms with E-state index in [9.17, 15) is 0 Å². The molecular formula is C14H30S10. The van der Waals surface area contributed by atoms with Crippen molar-refractivity contribution in [2.45, 2.75) is 23.2 Å². The van der Waals surface area contributed by atoms with Crippen molar-refractivity contribution in [1.29, 1.82) is 0 Å². The monoisotopic (exact) mass is 518 g/mol. The van der Waals surface area contributed by atoms with Crippen LogP contribution in [0.25, 0.3) is 0 Å². The summed E-state index contributed by atoms with van der Waals surface area (Å²) in [5, 5.41) is 4.34. The van der Waals surface area contributed by atoms with Crippen molar-refractivity contribution < 1.29 is 0 Å². The molecule has 24 heavy (non-hydrogen) atoms. The first-order valence-electron chi connectivity index (χ1n) is 7.83. The van der Waals surface area contributed by atoms with Gasteiger partial charge in [0.15, 0.2) is 0 Å². The molecule has 146 valence electrons. The van der Waals surface area contributed by atoms with Crippen molar-refractivity contribution >= 4 is 120 Å². The molecule has 0 aromatic carbocycles. The van der Waals surface area contributed by atoms with E-state index in [1.165, 1.54) is 63.9 Å². The summed E-state index contributed by atoms with van der Waals surface area (Å²) in [4.78, 5) is 0. The third-order valence-electron chi connectivity index (χ3n) is 2.49. The third kappa shape index (κ3) is 23.5. The predicted molar refractivity (Wildman–Crippen MR) is 146 cm³/mol. The van der Waals surface area contributed by atoms with Gasteiger partial charge in [-0.05, 0) is 53.8 Å². The van der Waals surface area contributed by atoms with E-state index in [1.807, 2.05) is 23.5 Å². The minimum atomic E-state index is 0.393. The Kier molecular flexibility index (Phi) is 28.1. The number of rotatable bonds is 20. The summed E-state index contributed by atoms with van der Waals surface area (Å²) in [7, 11) is 0. The molecule has 0 spiro atoms. The highest BCUT2D eigenvalue weighted by molar-refractivity contribution is 8.30. The molecule has 0 fully saturated rings. The fourth-order valence-electron chi connectivity index (χ4n) is 1.40. The quantitative estimate of drug-likeness (QED) is 0.0874. The van der Waals surface area contributed by atoms with E-state index in [0.717, 1.165) is 10.2 Å². The molecule has 0 rings (SSSR count). The average Bonchev–Trinajstić information content (AvgIpc) is 2.58. The molecule has 10 heteroatoms. The molecule has 0 aromatic heterocycles. The van der Waals surface area contributed by atoms with Crippen LogP contribution in [-0.4, -0.2) is 58.8 Å². The largest absolute Gasteiger partial charge is 0.168 e. The van der Waals surface area contributed by atoms with Gasteiger partial charge in [0.2, 0.25) is 0 Å². The van der Waals surface area contributed by atoms with Crippen LogP contribution in [0.1, 0.15) is 19.3 Å². The average molecular weight is 519 g/mol. The zero-order chi connectivity index (χ0) is 17.7. The molecule has 0 amide bonds. The van der Waals surface area contributed by atoms with Crippen molar-refractivity contribution in [2.75, 3.05) is 54.9 Å². The van der Waals surface area contributed by atoms with Gasteiger partial charge in [0.1, 0.15) is 0 Å². The second kappa shape index (κ2) is 24.5. The van der Waals surface area contributed by atoms with Crippen LogP contribution in [0.4, 0.5) is 0 Å². The van der Waals surface area contributed by atoms with Gasteiger partial charge in [-0.2, -0.15) is 96.7 Å². The Morgan fingerprint density at radius 1 is 0.542 bits per heavy atom. The molecule has 0 aromatic rings. The zero-order valence-electron chi connectivity index (χ0n) is 14.0. The summed E-state index contributed by atoms with van der Waals surface area (Å²) >= 11 is 26.9.